The summed E-state index contributed by atoms with van der Waals surface area (Å²) in [6.07, 6.45) is -0.231. The van der Waals surface area contributed by atoms with Gasteiger partial charge in [0, 0.05) is 6.42 Å². The predicted octanol–water partition coefficient (Wildman–Crippen LogP) is 2.27. The summed E-state index contributed by atoms with van der Waals surface area (Å²) in [6, 6.07) is 16.1. The molecule has 0 saturated carbocycles. The average molecular weight is 294 g/mol. The molecule has 0 radical (unpaired) electrons. The summed E-state index contributed by atoms with van der Waals surface area (Å²) < 4.78 is 0. The summed E-state index contributed by atoms with van der Waals surface area (Å²) in [6.45, 7) is 0. The van der Waals surface area contributed by atoms with Gasteiger partial charge in [-0.2, -0.15) is 5.26 Å². The number of amides is 1. The number of carboxylic acids is 1. The Morgan fingerprint density at radius 2 is 1.55 bits per heavy atom. The molecule has 5 nitrogen and oxygen atoms in total. The fourth-order valence-electron chi connectivity index (χ4n) is 2.19. The van der Waals surface area contributed by atoms with Gasteiger partial charge in [0.05, 0.1) is 17.6 Å². The van der Waals surface area contributed by atoms with Crippen molar-refractivity contribution >= 4 is 11.9 Å². The van der Waals surface area contributed by atoms with Crippen molar-refractivity contribution in [3.63, 3.8) is 0 Å². The van der Waals surface area contributed by atoms with E-state index in [1.807, 2.05) is 12.1 Å². The van der Waals surface area contributed by atoms with E-state index >= 15 is 0 Å². The second-order valence-corrected chi connectivity index (χ2v) is 4.87. The maximum Gasteiger partial charge on any atom is 0.311 e. The fraction of sp³-hybridized carbons (Fsp3) is 0.118. The van der Waals surface area contributed by atoms with Crippen molar-refractivity contribution < 1.29 is 14.7 Å². The molecule has 2 aromatic carbocycles. The van der Waals surface area contributed by atoms with Crippen LogP contribution in [0.25, 0.3) is 11.1 Å². The van der Waals surface area contributed by atoms with Crippen LogP contribution < -0.4 is 5.73 Å². The summed E-state index contributed by atoms with van der Waals surface area (Å²) in [4.78, 5) is 22.2. The lowest BCUT2D eigenvalue weighted by Gasteiger charge is -2.11. The lowest BCUT2D eigenvalue weighted by molar-refractivity contribution is -0.140. The Hall–Kier alpha value is -3.13. The highest BCUT2D eigenvalue weighted by atomic mass is 16.4. The molecule has 1 amide bonds. The molecule has 0 aliphatic carbocycles. The number of nitrogens with zero attached hydrogens (tertiary/aromatic N) is 1. The van der Waals surface area contributed by atoms with Gasteiger partial charge in [-0.15, -0.1) is 0 Å². The molecule has 110 valence electrons. The molecule has 0 heterocycles. The summed E-state index contributed by atoms with van der Waals surface area (Å²) in [7, 11) is 0. The van der Waals surface area contributed by atoms with Gasteiger partial charge in [-0.05, 0) is 28.8 Å². The van der Waals surface area contributed by atoms with Crippen molar-refractivity contribution in [2.45, 2.75) is 12.3 Å². The molecule has 3 N–H and O–H groups in total. The zero-order valence-electron chi connectivity index (χ0n) is 11.7. The van der Waals surface area contributed by atoms with Crippen LogP contribution >= 0.6 is 0 Å². The van der Waals surface area contributed by atoms with Gasteiger partial charge in [0.1, 0.15) is 0 Å². The molecule has 0 fully saturated rings. The predicted molar refractivity (Wildman–Crippen MR) is 80.8 cm³/mol. The number of nitriles is 1. The van der Waals surface area contributed by atoms with Crippen molar-refractivity contribution in [2.24, 2.45) is 5.73 Å². The first-order valence-electron chi connectivity index (χ1n) is 6.63. The molecular formula is C17H14N2O3. The fourth-order valence-corrected chi connectivity index (χ4v) is 2.19. The Kier molecular flexibility index (Phi) is 4.54. The van der Waals surface area contributed by atoms with E-state index < -0.39 is 17.8 Å². The highest BCUT2D eigenvalue weighted by Gasteiger charge is 2.21. The largest absolute Gasteiger partial charge is 0.481 e. The number of aliphatic carboxylic acids is 1. The van der Waals surface area contributed by atoms with Crippen molar-refractivity contribution in [1.29, 1.82) is 5.26 Å². The third-order valence-electron chi connectivity index (χ3n) is 3.36. The zero-order valence-corrected chi connectivity index (χ0v) is 11.7. The van der Waals surface area contributed by atoms with Crippen molar-refractivity contribution in [1.82, 2.24) is 0 Å². The summed E-state index contributed by atoms with van der Waals surface area (Å²) in [5, 5.41) is 18.0. The van der Waals surface area contributed by atoms with Gasteiger partial charge in [-0.3, -0.25) is 9.59 Å². The topological polar surface area (TPSA) is 104 Å². The van der Waals surface area contributed by atoms with Crippen LogP contribution in [0.15, 0.2) is 48.5 Å². The van der Waals surface area contributed by atoms with Crippen LogP contribution in [-0.2, 0) is 9.59 Å². The second-order valence-electron chi connectivity index (χ2n) is 4.87. The first-order valence-corrected chi connectivity index (χ1v) is 6.63. The molecule has 0 unspecified atom stereocenters. The minimum atomic E-state index is -1.08. The van der Waals surface area contributed by atoms with Crippen LogP contribution in [0, 0.1) is 11.3 Å². The molecule has 0 saturated heterocycles. The first kappa shape index (κ1) is 15.3. The lowest BCUT2D eigenvalue weighted by atomic mass is 9.93. The van der Waals surface area contributed by atoms with E-state index in [9.17, 15) is 14.7 Å². The third-order valence-corrected chi connectivity index (χ3v) is 3.36. The summed E-state index contributed by atoms with van der Waals surface area (Å²) in [5.41, 5.74) is 8.02. The van der Waals surface area contributed by atoms with Crippen molar-refractivity contribution in [3.05, 3.63) is 59.7 Å². The Morgan fingerprint density at radius 1 is 1.05 bits per heavy atom. The highest BCUT2D eigenvalue weighted by molar-refractivity contribution is 5.85. The van der Waals surface area contributed by atoms with E-state index in [1.54, 1.807) is 36.4 Å². The molecule has 0 bridgehead atoms. The zero-order chi connectivity index (χ0) is 16.1. The second kappa shape index (κ2) is 6.55. The number of hydrogen-bond acceptors (Lipinski definition) is 3. The Labute approximate surface area is 127 Å². The first-order chi connectivity index (χ1) is 10.5. The molecule has 0 aromatic heterocycles. The van der Waals surface area contributed by atoms with Crippen LogP contribution in [0.3, 0.4) is 0 Å². The van der Waals surface area contributed by atoms with Crippen molar-refractivity contribution in [2.75, 3.05) is 0 Å². The normalized spacial score (nSPS) is 11.4. The number of rotatable bonds is 5. The van der Waals surface area contributed by atoms with Crippen LogP contribution in [0.4, 0.5) is 0 Å². The number of carboxylic acid groups (broad SMARTS) is 1. The lowest BCUT2D eigenvalue weighted by Crippen LogP contribution is -2.20. The SMILES string of the molecule is N#Cc1ccc(-c2ccc([C@@H](CC(N)=O)C(=O)O)cc2)cc1. The Bertz CT molecular complexity index is 728. The molecule has 0 aliphatic rings. The standard InChI is InChI=1S/C17H14N2O3/c18-10-11-1-3-12(4-2-11)13-5-7-14(8-6-13)15(17(21)22)9-16(19)20/h1-8,15H,9H2,(H2,19,20)(H,21,22)/t15-/m1/s1. The monoisotopic (exact) mass is 294 g/mol. The number of carbonyl (C=O) groups excluding carboxylic acids is 1. The Morgan fingerprint density at radius 3 is 1.95 bits per heavy atom. The van der Waals surface area contributed by atoms with Gasteiger partial charge in [0.15, 0.2) is 0 Å². The molecular weight excluding hydrogens is 280 g/mol. The van der Waals surface area contributed by atoms with E-state index in [0.717, 1.165) is 11.1 Å². The van der Waals surface area contributed by atoms with E-state index in [1.165, 1.54) is 0 Å². The highest BCUT2D eigenvalue weighted by Crippen LogP contribution is 2.25. The summed E-state index contributed by atoms with van der Waals surface area (Å²) in [5.74, 6) is -2.67. The molecule has 0 aliphatic heterocycles. The molecule has 2 aromatic rings. The van der Waals surface area contributed by atoms with E-state index in [0.29, 0.717) is 11.1 Å². The molecule has 0 spiro atoms. The molecule has 2 rings (SSSR count). The minimum Gasteiger partial charge on any atom is -0.481 e. The number of hydrogen-bond donors (Lipinski definition) is 2. The number of nitrogens with two attached hydrogens (primary N) is 1. The van der Waals surface area contributed by atoms with Gasteiger partial charge in [0.2, 0.25) is 5.91 Å². The van der Waals surface area contributed by atoms with Crippen LogP contribution in [0.1, 0.15) is 23.5 Å². The van der Waals surface area contributed by atoms with E-state index in [2.05, 4.69) is 6.07 Å². The minimum absolute atomic E-state index is 0.231. The maximum absolute atomic E-state index is 11.2. The maximum atomic E-state index is 11.2. The number of benzene rings is 2. The van der Waals surface area contributed by atoms with Crippen LogP contribution in [0.5, 0.6) is 0 Å². The number of primary amides is 1. The number of carbonyl (C=O) groups is 2. The van der Waals surface area contributed by atoms with E-state index in [4.69, 9.17) is 11.0 Å². The Balaban J connectivity index is 2.26. The quantitative estimate of drug-likeness (QED) is 0.882. The van der Waals surface area contributed by atoms with Crippen LogP contribution in [-0.4, -0.2) is 17.0 Å². The smallest absolute Gasteiger partial charge is 0.311 e. The van der Waals surface area contributed by atoms with Gasteiger partial charge >= 0.3 is 5.97 Å². The van der Waals surface area contributed by atoms with Crippen LogP contribution in [0.2, 0.25) is 0 Å². The molecule has 5 heteroatoms. The molecule has 22 heavy (non-hydrogen) atoms. The van der Waals surface area contributed by atoms with Crippen molar-refractivity contribution in [3.8, 4) is 17.2 Å². The van der Waals surface area contributed by atoms with Gasteiger partial charge in [0.25, 0.3) is 0 Å². The third kappa shape index (κ3) is 3.49. The van der Waals surface area contributed by atoms with Gasteiger partial charge < -0.3 is 10.8 Å². The van der Waals surface area contributed by atoms with E-state index in [-0.39, 0.29) is 6.42 Å². The molecule has 1 atom stereocenters. The average Bonchev–Trinajstić information content (AvgIpc) is 2.52. The van der Waals surface area contributed by atoms with Gasteiger partial charge in [-0.25, -0.2) is 0 Å². The summed E-state index contributed by atoms with van der Waals surface area (Å²) >= 11 is 0. The van der Waals surface area contributed by atoms with Gasteiger partial charge in [-0.1, -0.05) is 36.4 Å².